The van der Waals surface area contributed by atoms with Crippen LogP contribution in [-0.4, -0.2) is 25.1 Å². The first kappa shape index (κ1) is 13.3. The van der Waals surface area contributed by atoms with E-state index in [0.29, 0.717) is 11.1 Å². The Bertz CT molecular complexity index is 363. The van der Waals surface area contributed by atoms with Crippen molar-refractivity contribution in [3.8, 4) is 5.75 Å². The zero-order valence-electron chi connectivity index (χ0n) is 10.7. The number of hydrogen-bond acceptors (Lipinski definition) is 2. The predicted octanol–water partition coefficient (Wildman–Crippen LogP) is 3.50. The van der Waals surface area contributed by atoms with Gasteiger partial charge in [0.1, 0.15) is 5.75 Å². The summed E-state index contributed by atoms with van der Waals surface area (Å²) in [6.45, 7) is 7.36. The Balaban J connectivity index is 2.93. The fraction of sp³-hybridized carbons (Fsp3) is 0.538. The van der Waals surface area contributed by atoms with Crippen LogP contribution in [0.2, 0.25) is 5.02 Å². The van der Waals surface area contributed by atoms with Crippen molar-refractivity contribution < 1.29 is 4.74 Å². The third-order valence-corrected chi connectivity index (χ3v) is 3.21. The van der Waals surface area contributed by atoms with Gasteiger partial charge in [-0.3, -0.25) is 4.90 Å². The van der Waals surface area contributed by atoms with E-state index in [1.54, 1.807) is 7.11 Å². The molecule has 0 saturated heterocycles. The SMILES string of the molecule is COc1cc(C)c(CN(C)C(C)C)cc1Cl. The molecule has 0 aliphatic heterocycles. The van der Waals surface area contributed by atoms with Gasteiger partial charge in [-0.1, -0.05) is 11.6 Å². The first-order valence-electron chi connectivity index (χ1n) is 5.49. The summed E-state index contributed by atoms with van der Waals surface area (Å²) in [5.41, 5.74) is 2.47. The molecule has 2 nitrogen and oxygen atoms in total. The van der Waals surface area contributed by atoms with Gasteiger partial charge in [0, 0.05) is 12.6 Å². The topological polar surface area (TPSA) is 12.5 Å². The molecule has 0 aliphatic carbocycles. The highest BCUT2D eigenvalue weighted by atomic mass is 35.5. The lowest BCUT2D eigenvalue weighted by atomic mass is 10.1. The highest BCUT2D eigenvalue weighted by Gasteiger charge is 2.10. The Kier molecular flexibility index (Phi) is 4.63. The Labute approximate surface area is 103 Å². The van der Waals surface area contributed by atoms with E-state index in [1.807, 2.05) is 12.1 Å². The van der Waals surface area contributed by atoms with Gasteiger partial charge in [-0.05, 0) is 51.1 Å². The second-order valence-electron chi connectivity index (χ2n) is 4.42. The van der Waals surface area contributed by atoms with Gasteiger partial charge in [0.05, 0.1) is 12.1 Å². The summed E-state index contributed by atoms with van der Waals surface area (Å²) in [5, 5.41) is 0.681. The Morgan fingerprint density at radius 3 is 2.50 bits per heavy atom. The standard InChI is InChI=1S/C13H20ClNO/c1-9(2)15(4)8-11-7-12(14)13(16-5)6-10(11)3/h6-7,9H,8H2,1-5H3. The van der Waals surface area contributed by atoms with Crippen LogP contribution in [-0.2, 0) is 6.54 Å². The third-order valence-electron chi connectivity index (χ3n) is 2.91. The summed E-state index contributed by atoms with van der Waals surface area (Å²) in [6.07, 6.45) is 0. The smallest absolute Gasteiger partial charge is 0.137 e. The fourth-order valence-corrected chi connectivity index (χ4v) is 1.74. The molecule has 0 spiro atoms. The molecule has 0 aromatic heterocycles. The minimum atomic E-state index is 0.528. The Morgan fingerprint density at radius 2 is 2.00 bits per heavy atom. The maximum atomic E-state index is 6.12. The molecule has 0 saturated carbocycles. The lowest BCUT2D eigenvalue weighted by molar-refractivity contribution is 0.265. The molecule has 0 radical (unpaired) electrons. The van der Waals surface area contributed by atoms with E-state index in [0.717, 1.165) is 12.3 Å². The molecule has 16 heavy (non-hydrogen) atoms. The monoisotopic (exact) mass is 241 g/mol. The largest absolute Gasteiger partial charge is 0.495 e. The number of methoxy groups -OCH3 is 1. The van der Waals surface area contributed by atoms with Gasteiger partial charge in [0.2, 0.25) is 0 Å². The van der Waals surface area contributed by atoms with Crippen LogP contribution in [0.25, 0.3) is 0 Å². The molecule has 0 heterocycles. The van der Waals surface area contributed by atoms with Crippen molar-refractivity contribution in [2.45, 2.75) is 33.4 Å². The summed E-state index contributed by atoms with van der Waals surface area (Å²) in [4.78, 5) is 2.28. The molecule has 1 aromatic rings. The lowest BCUT2D eigenvalue weighted by Crippen LogP contribution is -2.25. The molecule has 0 aliphatic rings. The van der Waals surface area contributed by atoms with E-state index >= 15 is 0 Å². The number of rotatable bonds is 4. The number of nitrogens with zero attached hydrogens (tertiary/aromatic N) is 1. The summed E-state index contributed by atoms with van der Waals surface area (Å²) < 4.78 is 5.19. The van der Waals surface area contributed by atoms with E-state index < -0.39 is 0 Å². The van der Waals surface area contributed by atoms with Crippen LogP contribution in [0.4, 0.5) is 0 Å². The van der Waals surface area contributed by atoms with Crippen LogP contribution in [0, 0.1) is 6.92 Å². The molecule has 3 heteroatoms. The van der Waals surface area contributed by atoms with Crippen LogP contribution >= 0.6 is 11.6 Å². The van der Waals surface area contributed by atoms with Gasteiger partial charge in [0.15, 0.2) is 0 Å². The summed E-state index contributed by atoms with van der Waals surface area (Å²) >= 11 is 6.12. The molecular weight excluding hydrogens is 222 g/mol. The molecule has 0 atom stereocenters. The van der Waals surface area contributed by atoms with Crippen LogP contribution in [0.15, 0.2) is 12.1 Å². The molecule has 0 N–H and O–H groups in total. The highest BCUT2D eigenvalue weighted by molar-refractivity contribution is 6.32. The predicted molar refractivity (Wildman–Crippen MR) is 69.3 cm³/mol. The maximum absolute atomic E-state index is 6.12. The second kappa shape index (κ2) is 5.55. The van der Waals surface area contributed by atoms with Crippen molar-refractivity contribution in [1.29, 1.82) is 0 Å². The summed E-state index contributed by atoms with van der Waals surface area (Å²) in [7, 11) is 3.75. The average molecular weight is 242 g/mol. The van der Waals surface area contributed by atoms with Crippen molar-refractivity contribution in [3.05, 3.63) is 28.3 Å². The minimum absolute atomic E-state index is 0.528. The van der Waals surface area contributed by atoms with Crippen LogP contribution in [0.1, 0.15) is 25.0 Å². The molecule has 1 rings (SSSR count). The summed E-state index contributed by atoms with van der Waals surface area (Å²) in [5.74, 6) is 0.745. The second-order valence-corrected chi connectivity index (χ2v) is 4.83. The first-order chi connectivity index (χ1) is 7.45. The number of aryl methyl sites for hydroxylation is 1. The maximum Gasteiger partial charge on any atom is 0.137 e. The molecular formula is C13H20ClNO. The van der Waals surface area contributed by atoms with Crippen molar-refractivity contribution in [2.24, 2.45) is 0 Å². The molecule has 1 aromatic carbocycles. The quantitative estimate of drug-likeness (QED) is 0.800. The van der Waals surface area contributed by atoms with Gasteiger partial charge in [0.25, 0.3) is 0 Å². The number of halogens is 1. The van der Waals surface area contributed by atoms with Gasteiger partial charge in [-0.15, -0.1) is 0 Å². The molecule has 0 bridgehead atoms. The van der Waals surface area contributed by atoms with E-state index in [4.69, 9.17) is 16.3 Å². The van der Waals surface area contributed by atoms with Crippen LogP contribution in [0.3, 0.4) is 0 Å². The molecule has 0 unspecified atom stereocenters. The molecule has 0 amide bonds. The van der Waals surface area contributed by atoms with Gasteiger partial charge in [-0.25, -0.2) is 0 Å². The number of hydrogen-bond donors (Lipinski definition) is 0. The van der Waals surface area contributed by atoms with Crippen LogP contribution < -0.4 is 4.74 Å². The Morgan fingerprint density at radius 1 is 1.38 bits per heavy atom. The molecule has 90 valence electrons. The van der Waals surface area contributed by atoms with Gasteiger partial charge < -0.3 is 4.74 Å². The van der Waals surface area contributed by atoms with Gasteiger partial charge >= 0.3 is 0 Å². The van der Waals surface area contributed by atoms with Crippen LogP contribution in [0.5, 0.6) is 5.75 Å². The first-order valence-corrected chi connectivity index (χ1v) is 5.86. The fourth-order valence-electron chi connectivity index (χ4n) is 1.47. The normalized spacial score (nSPS) is 11.2. The van der Waals surface area contributed by atoms with Gasteiger partial charge in [-0.2, -0.15) is 0 Å². The number of benzene rings is 1. The summed E-state index contributed by atoms with van der Waals surface area (Å²) in [6, 6.07) is 4.51. The Hall–Kier alpha value is -0.730. The van der Waals surface area contributed by atoms with Crippen molar-refractivity contribution >= 4 is 11.6 Å². The average Bonchev–Trinajstić information content (AvgIpc) is 2.22. The molecule has 0 fully saturated rings. The van der Waals surface area contributed by atoms with E-state index in [9.17, 15) is 0 Å². The third kappa shape index (κ3) is 3.13. The minimum Gasteiger partial charge on any atom is -0.495 e. The van der Waals surface area contributed by atoms with E-state index in [1.165, 1.54) is 11.1 Å². The van der Waals surface area contributed by atoms with E-state index in [2.05, 4.69) is 32.7 Å². The van der Waals surface area contributed by atoms with Crippen molar-refractivity contribution in [1.82, 2.24) is 4.90 Å². The van der Waals surface area contributed by atoms with E-state index in [-0.39, 0.29) is 0 Å². The number of ether oxygens (including phenoxy) is 1. The highest BCUT2D eigenvalue weighted by Crippen LogP contribution is 2.28. The van der Waals surface area contributed by atoms with Crippen molar-refractivity contribution in [2.75, 3.05) is 14.2 Å². The zero-order chi connectivity index (χ0) is 12.3. The zero-order valence-corrected chi connectivity index (χ0v) is 11.4. The van der Waals surface area contributed by atoms with Crippen molar-refractivity contribution in [3.63, 3.8) is 0 Å². The lowest BCUT2D eigenvalue weighted by Gasteiger charge is -2.22.